The lowest BCUT2D eigenvalue weighted by molar-refractivity contribution is 0.00377. The number of aromatic nitrogens is 2. The molecule has 0 radical (unpaired) electrons. The van der Waals surface area contributed by atoms with Crippen LogP contribution >= 0.6 is 0 Å². The normalized spacial score (nSPS) is 16.6. The van der Waals surface area contributed by atoms with Crippen LogP contribution < -0.4 is 10.1 Å². The number of fused-ring (bicyclic) bond motifs is 1. The molecule has 1 aliphatic rings. The van der Waals surface area contributed by atoms with Gasteiger partial charge in [0.15, 0.2) is 0 Å². The number of rotatable bonds is 8. The molecule has 1 saturated carbocycles. The van der Waals surface area contributed by atoms with Gasteiger partial charge in [-0.3, -0.25) is 4.98 Å². The molecular formula is C23H28FN3O2. The van der Waals surface area contributed by atoms with Crippen molar-refractivity contribution >= 4 is 16.7 Å². The topological polar surface area (TPSA) is 70.2 Å². The largest absolute Gasteiger partial charge is 0.496 e. The Morgan fingerprint density at radius 1 is 1.28 bits per heavy atom. The Kier molecular flexibility index (Phi) is 4.99. The van der Waals surface area contributed by atoms with Crippen LogP contribution in [0, 0.1) is 11.7 Å². The number of aromatic amines is 1. The second-order valence-electron chi connectivity index (χ2n) is 8.78. The van der Waals surface area contributed by atoms with Crippen molar-refractivity contribution in [1.29, 1.82) is 0 Å². The molecule has 1 unspecified atom stereocenters. The number of benzene rings is 1. The van der Waals surface area contributed by atoms with E-state index in [0.717, 1.165) is 35.1 Å². The summed E-state index contributed by atoms with van der Waals surface area (Å²) in [6, 6.07) is 8.49. The molecule has 4 rings (SSSR count). The van der Waals surface area contributed by atoms with E-state index in [1.807, 2.05) is 32.2 Å². The molecule has 0 amide bonds. The molecular weight excluding hydrogens is 369 g/mol. The molecule has 5 nitrogen and oxygen atoms in total. The van der Waals surface area contributed by atoms with Crippen LogP contribution in [0.4, 0.5) is 10.2 Å². The summed E-state index contributed by atoms with van der Waals surface area (Å²) in [7, 11) is 1.59. The molecule has 2 aromatic heterocycles. The van der Waals surface area contributed by atoms with Gasteiger partial charge in [-0.15, -0.1) is 0 Å². The predicted molar refractivity (Wildman–Crippen MR) is 113 cm³/mol. The van der Waals surface area contributed by atoms with Crippen molar-refractivity contribution in [2.75, 3.05) is 19.0 Å². The number of anilines is 1. The van der Waals surface area contributed by atoms with Crippen molar-refractivity contribution in [1.82, 2.24) is 9.97 Å². The average Bonchev–Trinajstić information content (AvgIpc) is 3.46. The fourth-order valence-electron chi connectivity index (χ4n) is 4.36. The summed E-state index contributed by atoms with van der Waals surface area (Å²) in [6.07, 6.45) is 6.07. The van der Waals surface area contributed by atoms with Gasteiger partial charge in [0.1, 0.15) is 17.4 Å². The molecule has 154 valence electrons. The average molecular weight is 397 g/mol. The van der Waals surface area contributed by atoms with Gasteiger partial charge in [0.25, 0.3) is 0 Å². The van der Waals surface area contributed by atoms with Crippen molar-refractivity contribution in [2.24, 2.45) is 5.92 Å². The van der Waals surface area contributed by atoms with Gasteiger partial charge in [0.05, 0.1) is 18.2 Å². The highest BCUT2D eigenvalue weighted by Gasteiger charge is 2.47. The predicted octanol–water partition coefficient (Wildman–Crippen LogP) is 4.63. The van der Waals surface area contributed by atoms with E-state index in [4.69, 9.17) is 4.74 Å². The summed E-state index contributed by atoms with van der Waals surface area (Å²) >= 11 is 0. The summed E-state index contributed by atoms with van der Waals surface area (Å²) in [5.41, 5.74) is 0.408. The number of halogens is 1. The molecule has 1 aromatic carbocycles. The van der Waals surface area contributed by atoms with Gasteiger partial charge in [-0.05, 0) is 60.9 Å². The third-order valence-electron chi connectivity index (χ3n) is 5.98. The van der Waals surface area contributed by atoms with Crippen LogP contribution in [0.2, 0.25) is 0 Å². The van der Waals surface area contributed by atoms with Crippen LogP contribution in [-0.2, 0) is 5.41 Å². The number of ether oxygens (including phenoxy) is 1. The minimum Gasteiger partial charge on any atom is -0.496 e. The quantitative estimate of drug-likeness (QED) is 0.518. The van der Waals surface area contributed by atoms with E-state index in [1.54, 1.807) is 19.4 Å². The van der Waals surface area contributed by atoms with Gasteiger partial charge in [-0.25, -0.2) is 4.39 Å². The minimum absolute atomic E-state index is 0.236. The molecule has 1 aliphatic carbocycles. The first-order valence-electron chi connectivity index (χ1n) is 10.0. The second-order valence-corrected chi connectivity index (χ2v) is 8.78. The molecule has 0 bridgehead atoms. The van der Waals surface area contributed by atoms with Crippen LogP contribution in [0.5, 0.6) is 5.75 Å². The van der Waals surface area contributed by atoms with Crippen LogP contribution in [0.15, 0.2) is 42.7 Å². The van der Waals surface area contributed by atoms with Crippen LogP contribution in [0.1, 0.15) is 38.7 Å². The Labute approximate surface area is 170 Å². The lowest BCUT2D eigenvalue weighted by Gasteiger charge is -2.38. The molecule has 29 heavy (non-hydrogen) atoms. The fraction of sp³-hybridized carbons (Fsp3) is 0.435. The minimum atomic E-state index is -0.906. The van der Waals surface area contributed by atoms with Gasteiger partial charge in [0.2, 0.25) is 0 Å². The first-order chi connectivity index (χ1) is 13.8. The maximum atomic E-state index is 13.9. The summed E-state index contributed by atoms with van der Waals surface area (Å²) in [5, 5.41) is 16.0. The molecule has 3 N–H and O–H groups in total. The van der Waals surface area contributed by atoms with E-state index in [2.05, 4.69) is 15.3 Å². The zero-order valence-corrected chi connectivity index (χ0v) is 17.1. The highest BCUT2D eigenvalue weighted by atomic mass is 19.1. The van der Waals surface area contributed by atoms with Crippen molar-refractivity contribution < 1.29 is 14.2 Å². The molecule has 1 atom stereocenters. The smallest absolute Gasteiger partial charge is 0.123 e. The van der Waals surface area contributed by atoms with Gasteiger partial charge >= 0.3 is 0 Å². The maximum absolute atomic E-state index is 13.9. The van der Waals surface area contributed by atoms with Crippen molar-refractivity contribution in [2.45, 2.75) is 44.1 Å². The number of hydrogen-bond donors (Lipinski definition) is 3. The summed E-state index contributed by atoms with van der Waals surface area (Å²) in [4.78, 5) is 7.46. The Hall–Kier alpha value is -2.60. The second kappa shape index (κ2) is 7.34. The Bertz CT molecular complexity index is 979. The van der Waals surface area contributed by atoms with Gasteiger partial charge in [-0.1, -0.05) is 13.8 Å². The highest BCUT2D eigenvalue weighted by molar-refractivity contribution is 5.82. The van der Waals surface area contributed by atoms with Crippen molar-refractivity contribution in [3.8, 4) is 5.75 Å². The molecule has 1 fully saturated rings. The lowest BCUT2D eigenvalue weighted by Crippen LogP contribution is -2.44. The zero-order chi connectivity index (χ0) is 20.6. The number of aliphatic hydroxyl groups is 1. The number of pyridine rings is 1. The van der Waals surface area contributed by atoms with E-state index in [9.17, 15) is 9.50 Å². The number of nitrogens with zero attached hydrogens (tertiary/aromatic N) is 1. The molecule has 0 saturated heterocycles. The van der Waals surface area contributed by atoms with E-state index in [1.165, 1.54) is 12.1 Å². The Morgan fingerprint density at radius 2 is 2.07 bits per heavy atom. The van der Waals surface area contributed by atoms with E-state index in [0.29, 0.717) is 18.7 Å². The summed E-state index contributed by atoms with van der Waals surface area (Å²) in [5.74, 6) is 1.44. The lowest BCUT2D eigenvalue weighted by atomic mass is 9.73. The third-order valence-corrected chi connectivity index (χ3v) is 5.98. The van der Waals surface area contributed by atoms with Crippen molar-refractivity contribution in [3.63, 3.8) is 0 Å². The van der Waals surface area contributed by atoms with Crippen LogP contribution in [0.3, 0.4) is 0 Å². The summed E-state index contributed by atoms with van der Waals surface area (Å²) < 4.78 is 19.4. The van der Waals surface area contributed by atoms with Gasteiger partial charge < -0.3 is 20.1 Å². The number of nitrogens with one attached hydrogen (secondary N) is 2. The van der Waals surface area contributed by atoms with Crippen molar-refractivity contribution in [3.05, 3.63) is 54.1 Å². The Balaban J connectivity index is 1.55. The molecule has 2 heterocycles. The molecule has 0 aliphatic heterocycles. The SMILES string of the molecule is COc1ccc(F)cc1C(C)(C)CC(O)(CNc1cc2cnccc2[nH]1)C1CC1. The van der Waals surface area contributed by atoms with Crippen LogP contribution in [0.25, 0.3) is 10.9 Å². The van der Waals surface area contributed by atoms with Gasteiger partial charge in [-0.2, -0.15) is 0 Å². The first kappa shape index (κ1) is 19.7. The third kappa shape index (κ3) is 4.08. The first-order valence-corrected chi connectivity index (χ1v) is 10.0. The number of H-pyrrole nitrogens is 1. The fourth-order valence-corrected chi connectivity index (χ4v) is 4.36. The van der Waals surface area contributed by atoms with E-state index < -0.39 is 11.0 Å². The van der Waals surface area contributed by atoms with E-state index >= 15 is 0 Å². The standard InChI is InChI=1S/C23H28FN3O2/c1-22(2,18-11-17(24)6-7-20(18)29-3)13-23(28,16-4-5-16)14-26-21-10-15-12-25-9-8-19(15)27-21/h6-12,16,26-28H,4-5,13-14H2,1-3H3. The number of hydrogen-bond acceptors (Lipinski definition) is 4. The van der Waals surface area contributed by atoms with Gasteiger partial charge in [0, 0.05) is 29.9 Å². The highest BCUT2D eigenvalue weighted by Crippen LogP contribution is 2.47. The Morgan fingerprint density at radius 3 is 2.76 bits per heavy atom. The summed E-state index contributed by atoms with van der Waals surface area (Å²) in [6.45, 7) is 4.48. The zero-order valence-electron chi connectivity index (χ0n) is 17.1. The van der Waals surface area contributed by atoms with Crippen LogP contribution in [-0.4, -0.2) is 34.3 Å². The number of methoxy groups -OCH3 is 1. The molecule has 0 spiro atoms. The molecule has 3 aromatic rings. The maximum Gasteiger partial charge on any atom is 0.123 e. The monoisotopic (exact) mass is 397 g/mol. The van der Waals surface area contributed by atoms with E-state index in [-0.39, 0.29) is 11.7 Å². The molecule has 6 heteroatoms.